The van der Waals surface area contributed by atoms with Crippen LogP contribution in [0.2, 0.25) is 0 Å². The molecule has 0 aliphatic heterocycles. The molecule has 1 aliphatic carbocycles. The highest BCUT2D eigenvalue weighted by Crippen LogP contribution is 2.39. The molecule has 2 rings (SSSR count). The highest BCUT2D eigenvalue weighted by Gasteiger charge is 2.26. The minimum Gasteiger partial charge on any atom is -0.512 e. The first-order valence-electron chi connectivity index (χ1n) is 6.78. The first-order chi connectivity index (χ1) is 10.3. The number of aliphatic hydroxyl groups is 1. The summed E-state index contributed by atoms with van der Waals surface area (Å²) in [6.45, 7) is 1.94. The Balaban J connectivity index is 2.23. The van der Waals surface area contributed by atoms with E-state index in [1.807, 2.05) is 6.92 Å². The van der Waals surface area contributed by atoms with E-state index in [1.54, 1.807) is 24.3 Å². The molecule has 6 nitrogen and oxygen atoms in total. The van der Waals surface area contributed by atoms with Gasteiger partial charge in [-0.3, -0.25) is 0 Å². The van der Waals surface area contributed by atoms with Gasteiger partial charge in [0.25, 0.3) is 0 Å². The number of benzene rings is 1. The number of allylic oxidation sites excluding steroid dienone is 4. The normalized spacial score (nSPS) is 21.7. The number of aliphatic hydroxyl groups excluding tert-OH is 1. The Kier molecular flexibility index (Phi) is 4.86. The van der Waals surface area contributed by atoms with Crippen molar-refractivity contribution >= 4 is 13.5 Å². The third-order valence-electron chi connectivity index (χ3n) is 3.55. The lowest BCUT2D eigenvalue weighted by atomic mass is 9.84. The molecule has 2 atom stereocenters. The third kappa shape index (κ3) is 4.31. The Morgan fingerprint density at radius 2 is 1.86 bits per heavy atom. The number of hydrogen-bond donors (Lipinski definition) is 4. The van der Waals surface area contributed by atoms with Gasteiger partial charge in [-0.2, -0.15) is 4.76 Å². The molecule has 0 heterocycles. The predicted molar refractivity (Wildman–Crippen MR) is 84.0 cm³/mol. The minimum absolute atomic E-state index is 0.00891. The molecule has 1 aromatic rings. The molecule has 7 heteroatoms. The van der Waals surface area contributed by atoms with Crippen molar-refractivity contribution in [1.29, 1.82) is 0 Å². The summed E-state index contributed by atoms with van der Waals surface area (Å²) in [7, 11) is -4.55. The highest BCUT2D eigenvalue weighted by molar-refractivity contribution is 7.50. The van der Waals surface area contributed by atoms with Crippen molar-refractivity contribution in [2.24, 2.45) is 10.7 Å². The van der Waals surface area contributed by atoms with Crippen LogP contribution in [-0.2, 0) is 4.57 Å². The molecular formula is C15H18NO5P. The van der Waals surface area contributed by atoms with Crippen molar-refractivity contribution in [2.45, 2.75) is 19.3 Å². The van der Waals surface area contributed by atoms with E-state index in [4.69, 9.17) is 9.79 Å². The van der Waals surface area contributed by atoms with Crippen LogP contribution in [0.15, 0.2) is 53.0 Å². The summed E-state index contributed by atoms with van der Waals surface area (Å²) >= 11 is 0. The van der Waals surface area contributed by atoms with E-state index >= 15 is 0 Å². The molecule has 0 fully saturated rings. The van der Waals surface area contributed by atoms with E-state index in [0.717, 1.165) is 5.56 Å². The lowest BCUT2D eigenvalue weighted by Crippen LogP contribution is -2.20. The standard InChI is InChI=1S/C15H18NO5P/c1-10(11-5-7-12(17)8-6-11)9-13-14(16-22(19,20)21)3-2-4-15(13)18/h2-8,10,13,17-18H,9H2,1H3,(H2,19,20,21)/b16-14+. The number of rotatable bonds is 4. The Labute approximate surface area is 128 Å². The number of aromatic hydroxyl groups is 1. The fourth-order valence-corrected chi connectivity index (χ4v) is 2.92. The molecule has 1 aliphatic rings. The molecule has 2 unspecified atom stereocenters. The third-order valence-corrected chi connectivity index (χ3v) is 4.04. The van der Waals surface area contributed by atoms with E-state index in [0.29, 0.717) is 6.42 Å². The molecule has 0 aromatic heterocycles. The monoisotopic (exact) mass is 323 g/mol. The van der Waals surface area contributed by atoms with Crippen molar-refractivity contribution in [3.63, 3.8) is 0 Å². The summed E-state index contributed by atoms with van der Waals surface area (Å²) in [5, 5.41) is 19.3. The molecule has 0 radical (unpaired) electrons. The Morgan fingerprint density at radius 3 is 2.45 bits per heavy atom. The number of phenolic OH excluding ortho intramolecular Hbond substituents is 1. The minimum atomic E-state index is -4.55. The molecule has 0 bridgehead atoms. The fourth-order valence-electron chi connectivity index (χ4n) is 2.42. The molecule has 0 spiro atoms. The second-order valence-corrected chi connectivity index (χ2v) is 6.50. The van der Waals surface area contributed by atoms with Crippen LogP contribution in [0.5, 0.6) is 5.75 Å². The Bertz CT molecular complexity index is 672. The van der Waals surface area contributed by atoms with Gasteiger partial charge in [-0.15, -0.1) is 0 Å². The van der Waals surface area contributed by atoms with E-state index in [2.05, 4.69) is 4.76 Å². The summed E-state index contributed by atoms with van der Waals surface area (Å²) in [5.74, 6) is -0.362. The summed E-state index contributed by atoms with van der Waals surface area (Å²) < 4.78 is 14.5. The van der Waals surface area contributed by atoms with E-state index in [1.165, 1.54) is 18.2 Å². The quantitative estimate of drug-likeness (QED) is 0.637. The van der Waals surface area contributed by atoms with Crippen LogP contribution >= 0.6 is 7.75 Å². The van der Waals surface area contributed by atoms with Gasteiger partial charge in [0.2, 0.25) is 0 Å². The van der Waals surface area contributed by atoms with Gasteiger partial charge in [0.15, 0.2) is 0 Å². The summed E-state index contributed by atoms with van der Waals surface area (Å²) in [6.07, 6.45) is 4.93. The van der Waals surface area contributed by atoms with Crippen LogP contribution < -0.4 is 0 Å². The molecule has 22 heavy (non-hydrogen) atoms. The molecule has 0 saturated carbocycles. The second-order valence-electron chi connectivity index (χ2n) is 5.27. The maximum atomic E-state index is 11.1. The maximum Gasteiger partial charge on any atom is 0.448 e. The SMILES string of the molecule is CC(CC1C(O)=CC=C/C1=N\P(=O)(O)O)c1ccc(O)cc1. The van der Waals surface area contributed by atoms with Crippen LogP contribution in [-0.4, -0.2) is 25.7 Å². The number of phenols is 1. The van der Waals surface area contributed by atoms with E-state index in [-0.39, 0.29) is 23.1 Å². The van der Waals surface area contributed by atoms with Gasteiger partial charge in [-0.25, -0.2) is 4.57 Å². The first kappa shape index (κ1) is 16.5. The molecule has 0 amide bonds. The van der Waals surface area contributed by atoms with Crippen molar-refractivity contribution in [1.82, 2.24) is 0 Å². The van der Waals surface area contributed by atoms with E-state index < -0.39 is 13.7 Å². The van der Waals surface area contributed by atoms with Gasteiger partial charge in [-0.05, 0) is 42.2 Å². The lowest BCUT2D eigenvalue weighted by molar-refractivity contribution is 0.348. The zero-order valence-electron chi connectivity index (χ0n) is 12.0. The number of hydrogen-bond acceptors (Lipinski definition) is 3. The van der Waals surface area contributed by atoms with Crippen molar-refractivity contribution in [2.75, 3.05) is 0 Å². The van der Waals surface area contributed by atoms with Crippen molar-refractivity contribution in [3.8, 4) is 5.75 Å². The summed E-state index contributed by atoms with van der Waals surface area (Å²) in [5.41, 5.74) is 1.12. The zero-order chi connectivity index (χ0) is 16.3. The predicted octanol–water partition coefficient (Wildman–Crippen LogP) is 3.05. The second kappa shape index (κ2) is 6.48. The largest absolute Gasteiger partial charge is 0.512 e. The average molecular weight is 323 g/mol. The van der Waals surface area contributed by atoms with Gasteiger partial charge in [-0.1, -0.05) is 25.1 Å². The lowest BCUT2D eigenvalue weighted by Gasteiger charge is -2.23. The van der Waals surface area contributed by atoms with Crippen LogP contribution in [0, 0.1) is 5.92 Å². The molecule has 1 aromatic carbocycles. The van der Waals surface area contributed by atoms with Crippen LogP contribution in [0.4, 0.5) is 0 Å². The van der Waals surface area contributed by atoms with Crippen molar-refractivity contribution in [3.05, 3.63) is 53.8 Å². The van der Waals surface area contributed by atoms with Crippen LogP contribution in [0.3, 0.4) is 0 Å². The van der Waals surface area contributed by atoms with Gasteiger partial charge < -0.3 is 20.0 Å². The van der Waals surface area contributed by atoms with Gasteiger partial charge in [0, 0.05) is 0 Å². The Hall–Kier alpha value is -1.88. The summed E-state index contributed by atoms with van der Waals surface area (Å²) in [6, 6.07) is 6.71. The molecule has 4 N–H and O–H groups in total. The van der Waals surface area contributed by atoms with Crippen molar-refractivity contribution < 1.29 is 24.6 Å². The zero-order valence-corrected chi connectivity index (χ0v) is 12.9. The van der Waals surface area contributed by atoms with Gasteiger partial charge >= 0.3 is 7.75 Å². The average Bonchev–Trinajstić information content (AvgIpc) is 2.41. The Morgan fingerprint density at radius 1 is 1.23 bits per heavy atom. The first-order valence-corrected chi connectivity index (χ1v) is 8.34. The van der Waals surface area contributed by atoms with Gasteiger partial charge in [0.1, 0.15) is 11.5 Å². The molecule has 0 saturated heterocycles. The maximum absolute atomic E-state index is 11.1. The smallest absolute Gasteiger partial charge is 0.448 e. The summed E-state index contributed by atoms with van der Waals surface area (Å²) in [4.78, 5) is 18.0. The van der Waals surface area contributed by atoms with Gasteiger partial charge in [0.05, 0.1) is 11.6 Å². The molecule has 118 valence electrons. The van der Waals surface area contributed by atoms with E-state index in [9.17, 15) is 14.8 Å². The fraction of sp³-hybridized carbons (Fsp3) is 0.267. The number of nitrogens with zero attached hydrogens (tertiary/aromatic N) is 1. The highest BCUT2D eigenvalue weighted by atomic mass is 31.2. The van der Waals surface area contributed by atoms with Crippen LogP contribution in [0.25, 0.3) is 0 Å². The molecular weight excluding hydrogens is 305 g/mol. The topological polar surface area (TPSA) is 110 Å². The van der Waals surface area contributed by atoms with Crippen LogP contribution in [0.1, 0.15) is 24.8 Å².